The number of rotatable bonds is 2. The lowest BCUT2D eigenvalue weighted by molar-refractivity contribution is -0.0530. The van der Waals surface area contributed by atoms with Crippen LogP contribution < -0.4 is 4.74 Å². The SMILES string of the molecule is N#Cc1cccnc1OC(F)F. The molecular weight excluding hydrogens is 166 g/mol. The number of hydrogen-bond donors (Lipinski definition) is 0. The van der Waals surface area contributed by atoms with Crippen molar-refractivity contribution < 1.29 is 13.5 Å². The van der Waals surface area contributed by atoms with E-state index in [-0.39, 0.29) is 11.4 Å². The number of hydrogen-bond acceptors (Lipinski definition) is 3. The van der Waals surface area contributed by atoms with Gasteiger partial charge in [0.15, 0.2) is 0 Å². The highest BCUT2D eigenvalue weighted by atomic mass is 19.3. The number of halogens is 2. The number of nitrogens with zero attached hydrogens (tertiary/aromatic N) is 2. The van der Waals surface area contributed by atoms with Crippen molar-refractivity contribution in [1.29, 1.82) is 5.26 Å². The van der Waals surface area contributed by atoms with Crippen LogP contribution in [0.2, 0.25) is 0 Å². The quantitative estimate of drug-likeness (QED) is 0.676. The van der Waals surface area contributed by atoms with Crippen LogP contribution in [0.25, 0.3) is 0 Å². The molecule has 0 aliphatic heterocycles. The Labute approximate surface area is 67.2 Å². The lowest BCUT2D eigenvalue weighted by Crippen LogP contribution is -2.04. The molecule has 12 heavy (non-hydrogen) atoms. The Balaban J connectivity index is 2.91. The van der Waals surface area contributed by atoms with Crippen molar-refractivity contribution in [2.75, 3.05) is 0 Å². The fourth-order valence-electron chi connectivity index (χ4n) is 0.654. The highest BCUT2D eigenvalue weighted by Crippen LogP contribution is 2.14. The first-order valence-corrected chi connectivity index (χ1v) is 3.04. The van der Waals surface area contributed by atoms with Gasteiger partial charge in [-0.2, -0.15) is 14.0 Å². The van der Waals surface area contributed by atoms with Gasteiger partial charge in [0, 0.05) is 6.20 Å². The molecule has 0 spiro atoms. The molecule has 62 valence electrons. The van der Waals surface area contributed by atoms with Crippen molar-refractivity contribution in [2.45, 2.75) is 6.61 Å². The van der Waals surface area contributed by atoms with Gasteiger partial charge in [-0.25, -0.2) is 4.98 Å². The van der Waals surface area contributed by atoms with E-state index in [0.717, 1.165) is 0 Å². The molecule has 0 saturated heterocycles. The molecule has 3 nitrogen and oxygen atoms in total. The third-order valence-electron chi connectivity index (χ3n) is 1.09. The van der Waals surface area contributed by atoms with Gasteiger partial charge in [-0.05, 0) is 12.1 Å². The van der Waals surface area contributed by atoms with E-state index in [0.29, 0.717) is 0 Å². The highest BCUT2D eigenvalue weighted by Gasteiger charge is 2.09. The molecule has 1 aromatic heterocycles. The number of aromatic nitrogens is 1. The summed E-state index contributed by atoms with van der Waals surface area (Å²) < 4.78 is 27.3. The van der Waals surface area contributed by atoms with Gasteiger partial charge < -0.3 is 4.74 Å². The van der Waals surface area contributed by atoms with Gasteiger partial charge in [0.1, 0.15) is 11.6 Å². The Hall–Kier alpha value is -1.70. The normalized spacial score (nSPS) is 9.50. The molecule has 0 saturated carbocycles. The smallest absolute Gasteiger partial charge is 0.388 e. The van der Waals surface area contributed by atoms with E-state index in [1.54, 1.807) is 6.07 Å². The van der Waals surface area contributed by atoms with Gasteiger partial charge in [0.25, 0.3) is 0 Å². The van der Waals surface area contributed by atoms with Crippen LogP contribution in [0.3, 0.4) is 0 Å². The standard InChI is InChI=1S/C7H4F2N2O/c8-7(9)12-6-5(4-10)2-1-3-11-6/h1-3,7H. The number of nitriles is 1. The predicted molar refractivity (Wildman–Crippen MR) is 35.6 cm³/mol. The zero-order valence-electron chi connectivity index (χ0n) is 5.87. The minimum Gasteiger partial charge on any atom is -0.415 e. The van der Waals surface area contributed by atoms with E-state index < -0.39 is 6.61 Å². The van der Waals surface area contributed by atoms with E-state index in [4.69, 9.17) is 5.26 Å². The summed E-state index contributed by atoms with van der Waals surface area (Å²) in [6.07, 6.45) is 1.28. The van der Waals surface area contributed by atoms with Crippen LogP contribution >= 0.6 is 0 Å². The van der Waals surface area contributed by atoms with E-state index in [2.05, 4.69) is 9.72 Å². The predicted octanol–water partition coefficient (Wildman–Crippen LogP) is 1.55. The van der Waals surface area contributed by atoms with Crippen LogP contribution in [0.1, 0.15) is 5.56 Å². The van der Waals surface area contributed by atoms with Gasteiger partial charge >= 0.3 is 6.61 Å². The zero-order valence-corrected chi connectivity index (χ0v) is 5.87. The average molecular weight is 170 g/mol. The molecule has 0 aromatic carbocycles. The Morgan fingerprint density at radius 1 is 1.58 bits per heavy atom. The fourth-order valence-corrected chi connectivity index (χ4v) is 0.654. The second-order valence-electron chi connectivity index (χ2n) is 1.85. The first-order valence-electron chi connectivity index (χ1n) is 3.04. The molecule has 0 fully saturated rings. The van der Waals surface area contributed by atoms with Crippen molar-refractivity contribution in [2.24, 2.45) is 0 Å². The summed E-state index contributed by atoms with van der Waals surface area (Å²) in [5.41, 5.74) is -0.00204. The van der Waals surface area contributed by atoms with Crippen molar-refractivity contribution in [3.05, 3.63) is 23.9 Å². The molecule has 0 aliphatic rings. The van der Waals surface area contributed by atoms with Gasteiger partial charge in [0.2, 0.25) is 5.88 Å². The molecule has 1 heterocycles. The number of alkyl halides is 2. The largest absolute Gasteiger partial charge is 0.415 e. The molecule has 0 unspecified atom stereocenters. The molecule has 0 bridgehead atoms. The maximum Gasteiger partial charge on any atom is 0.388 e. The topological polar surface area (TPSA) is 45.9 Å². The number of pyridine rings is 1. The summed E-state index contributed by atoms with van der Waals surface area (Å²) in [6, 6.07) is 4.50. The molecule has 5 heteroatoms. The highest BCUT2D eigenvalue weighted by molar-refractivity contribution is 5.36. The molecule has 0 radical (unpaired) electrons. The molecular formula is C7H4F2N2O. The zero-order chi connectivity index (χ0) is 8.97. The summed E-state index contributed by atoms with van der Waals surface area (Å²) in [7, 11) is 0. The molecule has 1 aromatic rings. The lowest BCUT2D eigenvalue weighted by atomic mass is 10.3. The van der Waals surface area contributed by atoms with Crippen LogP contribution in [0.15, 0.2) is 18.3 Å². The second-order valence-corrected chi connectivity index (χ2v) is 1.85. The van der Waals surface area contributed by atoms with E-state index in [1.807, 2.05) is 0 Å². The van der Waals surface area contributed by atoms with Gasteiger partial charge in [-0.1, -0.05) is 0 Å². The van der Waals surface area contributed by atoms with Crippen molar-refractivity contribution in [1.82, 2.24) is 4.98 Å². The Morgan fingerprint density at radius 3 is 2.92 bits per heavy atom. The summed E-state index contributed by atoms with van der Waals surface area (Å²) in [6.45, 7) is -2.95. The molecule has 1 rings (SSSR count). The molecule has 0 amide bonds. The van der Waals surface area contributed by atoms with Crippen LogP contribution in [0.4, 0.5) is 8.78 Å². The first kappa shape index (κ1) is 8.40. The fraction of sp³-hybridized carbons (Fsp3) is 0.143. The third kappa shape index (κ3) is 1.89. The van der Waals surface area contributed by atoms with Crippen LogP contribution in [0, 0.1) is 11.3 Å². The van der Waals surface area contributed by atoms with E-state index >= 15 is 0 Å². The monoisotopic (exact) mass is 170 g/mol. The van der Waals surface area contributed by atoms with Gasteiger partial charge in [-0.3, -0.25) is 0 Å². The number of ether oxygens (including phenoxy) is 1. The van der Waals surface area contributed by atoms with E-state index in [1.165, 1.54) is 18.3 Å². The van der Waals surface area contributed by atoms with Gasteiger partial charge in [0.05, 0.1) is 0 Å². The lowest BCUT2D eigenvalue weighted by Gasteiger charge is -2.02. The maximum atomic E-state index is 11.7. The maximum absolute atomic E-state index is 11.7. The molecule has 0 aliphatic carbocycles. The third-order valence-corrected chi connectivity index (χ3v) is 1.09. The minimum absolute atomic E-state index is 0.00204. The minimum atomic E-state index is -2.95. The first-order chi connectivity index (χ1) is 5.74. The van der Waals surface area contributed by atoms with Gasteiger partial charge in [-0.15, -0.1) is 0 Å². The molecule has 0 atom stereocenters. The second kappa shape index (κ2) is 3.62. The van der Waals surface area contributed by atoms with Crippen LogP contribution in [-0.4, -0.2) is 11.6 Å². The summed E-state index contributed by atoms with van der Waals surface area (Å²) >= 11 is 0. The molecule has 0 N–H and O–H groups in total. The summed E-state index contributed by atoms with van der Waals surface area (Å²) in [5, 5.41) is 8.42. The Morgan fingerprint density at radius 2 is 2.33 bits per heavy atom. The average Bonchev–Trinajstić information content (AvgIpc) is 2.04. The summed E-state index contributed by atoms with van der Waals surface area (Å²) in [4.78, 5) is 3.46. The van der Waals surface area contributed by atoms with E-state index in [9.17, 15) is 8.78 Å². The Bertz CT molecular complexity index is 309. The van der Waals surface area contributed by atoms with Crippen LogP contribution in [0.5, 0.6) is 5.88 Å². The van der Waals surface area contributed by atoms with Crippen molar-refractivity contribution in [3.63, 3.8) is 0 Å². The van der Waals surface area contributed by atoms with Crippen LogP contribution in [-0.2, 0) is 0 Å². The van der Waals surface area contributed by atoms with Crippen molar-refractivity contribution >= 4 is 0 Å². The summed E-state index contributed by atoms with van der Waals surface area (Å²) in [5.74, 6) is -0.338. The van der Waals surface area contributed by atoms with Crippen molar-refractivity contribution in [3.8, 4) is 11.9 Å². The Kier molecular flexibility index (Phi) is 2.53.